The van der Waals surface area contributed by atoms with Crippen LogP contribution >= 0.6 is 7.34 Å². The minimum atomic E-state index is -2.55. The van der Waals surface area contributed by atoms with Crippen molar-refractivity contribution < 1.29 is 9.05 Å². The summed E-state index contributed by atoms with van der Waals surface area (Å²) in [4.78, 5) is 0. The summed E-state index contributed by atoms with van der Waals surface area (Å²) >= 11 is 0. The molecular weight excluding hydrogens is 297 g/mol. The molecule has 0 N–H and O–H groups in total. The topological polar surface area (TPSA) is 49.2 Å². The van der Waals surface area contributed by atoms with Crippen molar-refractivity contribution in [3.05, 3.63) is 18.9 Å². The fourth-order valence-electron chi connectivity index (χ4n) is 1.86. The average molecular weight is 327 g/mol. The molecule has 0 saturated carbocycles. The minimum Gasteiger partial charge on any atom is -0.327 e. The van der Waals surface area contributed by atoms with Gasteiger partial charge in [-0.2, -0.15) is 0 Å². The fourth-order valence-corrected chi connectivity index (χ4v) is 4.71. The summed E-state index contributed by atoms with van der Waals surface area (Å²) in [6.45, 7) is 20.0. The van der Waals surface area contributed by atoms with E-state index >= 15 is 0 Å². The van der Waals surface area contributed by atoms with E-state index in [0.717, 1.165) is 5.44 Å². The molecule has 0 aliphatic carbocycles. The highest BCUT2D eigenvalue weighted by molar-refractivity contribution is 7.73. The van der Waals surface area contributed by atoms with E-state index in [1.807, 2.05) is 58.2 Å². The SMILES string of the molecule is C=CC=P(OC(C)(C)C)(OC(C)(C)C)c1cn(C(C)C)nn1. The van der Waals surface area contributed by atoms with Gasteiger partial charge in [0.1, 0.15) is 0 Å². The standard InChI is InChI=1S/C16H30N3O2P/c1-10-11-22(20-15(4,5)6,21-16(7,8)9)14-12-19(13(2)3)18-17-14/h10-13H,1H2,2-9H3. The molecule has 0 unspecified atom stereocenters. The normalized spacial score (nSPS) is 13.5. The first-order valence-electron chi connectivity index (χ1n) is 7.58. The van der Waals surface area contributed by atoms with E-state index in [-0.39, 0.29) is 17.2 Å². The van der Waals surface area contributed by atoms with Crippen LogP contribution in [0.25, 0.3) is 0 Å². The van der Waals surface area contributed by atoms with Gasteiger partial charge in [-0.25, -0.2) is 4.68 Å². The highest BCUT2D eigenvalue weighted by atomic mass is 31.2. The summed E-state index contributed by atoms with van der Waals surface area (Å²) in [6.07, 6.45) is 3.63. The molecule has 126 valence electrons. The molecule has 0 atom stereocenters. The maximum atomic E-state index is 6.37. The van der Waals surface area contributed by atoms with E-state index in [0.29, 0.717) is 0 Å². The summed E-state index contributed by atoms with van der Waals surface area (Å²) in [7, 11) is -2.55. The van der Waals surface area contributed by atoms with Crippen molar-refractivity contribution in [1.29, 1.82) is 0 Å². The number of rotatable bonds is 5. The van der Waals surface area contributed by atoms with Crippen molar-refractivity contribution in [3.63, 3.8) is 0 Å². The maximum Gasteiger partial charge on any atom is 0.177 e. The molecule has 0 saturated heterocycles. The molecule has 5 nitrogen and oxygen atoms in total. The molecule has 0 radical (unpaired) electrons. The predicted molar refractivity (Wildman–Crippen MR) is 94.9 cm³/mol. The number of hydrogen-bond acceptors (Lipinski definition) is 4. The molecule has 22 heavy (non-hydrogen) atoms. The average Bonchev–Trinajstić information content (AvgIpc) is 2.73. The molecule has 0 amide bonds. The smallest absolute Gasteiger partial charge is 0.177 e. The van der Waals surface area contributed by atoms with E-state index in [2.05, 4.69) is 30.7 Å². The van der Waals surface area contributed by atoms with Gasteiger partial charge in [-0.05, 0) is 61.2 Å². The Morgan fingerprint density at radius 2 is 1.64 bits per heavy atom. The first kappa shape index (κ1) is 19.1. The molecule has 6 heteroatoms. The van der Waals surface area contributed by atoms with E-state index in [1.165, 1.54) is 0 Å². The van der Waals surface area contributed by atoms with E-state index < -0.39 is 7.34 Å². The summed E-state index contributed by atoms with van der Waals surface area (Å²) < 4.78 is 14.6. The Labute approximate surface area is 134 Å². The van der Waals surface area contributed by atoms with Crippen LogP contribution < -0.4 is 5.44 Å². The molecule has 0 bridgehead atoms. The Morgan fingerprint density at radius 3 is 1.95 bits per heavy atom. The van der Waals surface area contributed by atoms with Gasteiger partial charge in [-0.3, -0.25) is 0 Å². The van der Waals surface area contributed by atoms with Crippen LogP contribution in [-0.4, -0.2) is 32.0 Å². The second-order valence-corrected chi connectivity index (χ2v) is 9.86. The van der Waals surface area contributed by atoms with Gasteiger partial charge >= 0.3 is 0 Å². The number of hydrogen-bond donors (Lipinski definition) is 0. The molecular formula is C16H30N3O2P. The number of nitrogens with zero attached hydrogens (tertiary/aromatic N) is 3. The largest absolute Gasteiger partial charge is 0.327 e. The summed E-state index contributed by atoms with van der Waals surface area (Å²) in [5.41, 5.74) is -0.0220. The Kier molecular flexibility index (Phi) is 5.82. The molecule has 0 aromatic carbocycles. The van der Waals surface area contributed by atoms with Gasteiger partial charge in [-0.15, -0.1) is 5.10 Å². The van der Waals surface area contributed by atoms with E-state index in [1.54, 1.807) is 6.08 Å². The van der Waals surface area contributed by atoms with E-state index in [4.69, 9.17) is 9.05 Å². The molecule has 1 heterocycles. The lowest BCUT2D eigenvalue weighted by Gasteiger charge is -2.36. The zero-order chi connectivity index (χ0) is 17.2. The summed E-state index contributed by atoms with van der Waals surface area (Å²) in [6, 6.07) is 0.233. The Hall–Kier alpha value is -0.900. The van der Waals surface area contributed by atoms with Gasteiger partial charge in [0.25, 0.3) is 0 Å². The van der Waals surface area contributed by atoms with Crippen LogP contribution in [0.15, 0.2) is 18.9 Å². The Balaban J connectivity index is 3.47. The van der Waals surface area contributed by atoms with Crippen molar-refractivity contribution in [2.45, 2.75) is 72.6 Å². The van der Waals surface area contributed by atoms with Gasteiger partial charge in [0, 0.05) is 6.04 Å². The fraction of sp³-hybridized carbons (Fsp3) is 0.688. The van der Waals surface area contributed by atoms with Crippen LogP contribution in [0, 0.1) is 0 Å². The highest BCUT2D eigenvalue weighted by Crippen LogP contribution is 2.53. The Bertz CT molecular complexity index is 543. The molecule has 1 rings (SSSR count). The predicted octanol–water partition coefficient (Wildman–Crippen LogP) is 3.95. The van der Waals surface area contributed by atoms with Crippen molar-refractivity contribution in [2.24, 2.45) is 0 Å². The summed E-state index contributed by atoms with van der Waals surface area (Å²) in [5.74, 6) is 1.90. The molecule has 0 aliphatic rings. The molecule has 0 fully saturated rings. The zero-order valence-corrected chi connectivity index (χ0v) is 16.0. The minimum absolute atomic E-state index is 0.233. The van der Waals surface area contributed by atoms with E-state index in [9.17, 15) is 0 Å². The van der Waals surface area contributed by atoms with Crippen LogP contribution in [0.1, 0.15) is 61.4 Å². The number of allylic oxidation sites excluding steroid dienone is 1. The molecule has 1 aromatic rings. The molecule has 0 aliphatic heterocycles. The number of aromatic nitrogens is 3. The van der Waals surface area contributed by atoms with Gasteiger partial charge < -0.3 is 9.05 Å². The first-order valence-corrected chi connectivity index (χ1v) is 9.27. The Morgan fingerprint density at radius 1 is 1.14 bits per heavy atom. The summed E-state index contributed by atoms with van der Waals surface area (Å²) in [5, 5.41) is 8.53. The molecule has 0 spiro atoms. The van der Waals surface area contributed by atoms with Gasteiger partial charge in [0.2, 0.25) is 0 Å². The highest BCUT2D eigenvalue weighted by Gasteiger charge is 2.34. The van der Waals surface area contributed by atoms with Crippen molar-refractivity contribution in [2.75, 3.05) is 0 Å². The van der Waals surface area contributed by atoms with Crippen LogP contribution in [0.5, 0.6) is 0 Å². The molecule has 1 aromatic heterocycles. The first-order chi connectivity index (χ1) is 9.88. The van der Waals surface area contributed by atoms with Crippen LogP contribution in [0.3, 0.4) is 0 Å². The van der Waals surface area contributed by atoms with Crippen molar-refractivity contribution in [1.82, 2.24) is 15.0 Å². The maximum absolute atomic E-state index is 6.37. The quantitative estimate of drug-likeness (QED) is 0.768. The van der Waals surface area contributed by atoms with Crippen LogP contribution in [0.4, 0.5) is 0 Å². The van der Waals surface area contributed by atoms with Crippen LogP contribution in [0.2, 0.25) is 0 Å². The van der Waals surface area contributed by atoms with Gasteiger partial charge in [0.15, 0.2) is 12.8 Å². The third kappa shape index (κ3) is 5.38. The van der Waals surface area contributed by atoms with Crippen molar-refractivity contribution in [3.8, 4) is 0 Å². The lowest BCUT2D eigenvalue weighted by atomic mass is 10.2. The lowest BCUT2D eigenvalue weighted by Crippen LogP contribution is -2.29. The second-order valence-electron chi connectivity index (χ2n) is 7.54. The second kappa shape index (κ2) is 6.69. The third-order valence-electron chi connectivity index (χ3n) is 2.47. The zero-order valence-electron chi connectivity index (χ0n) is 15.1. The van der Waals surface area contributed by atoms with Crippen LogP contribution in [-0.2, 0) is 9.05 Å². The third-order valence-corrected chi connectivity index (χ3v) is 5.55. The van der Waals surface area contributed by atoms with Gasteiger partial charge in [0.05, 0.1) is 17.4 Å². The van der Waals surface area contributed by atoms with Gasteiger partial charge in [-0.1, -0.05) is 17.9 Å². The monoisotopic (exact) mass is 327 g/mol. The van der Waals surface area contributed by atoms with Crippen molar-refractivity contribution >= 4 is 18.6 Å². The lowest BCUT2D eigenvalue weighted by molar-refractivity contribution is 0.0746.